The van der Waals surface area contributed by atoms with Crippen LogP contribution in [0.25, 0.3) is 0 Å². The molecule has 0 aliphatic carbocycles. The monoisotopic (exact) mass is 394 g/mol. The Kier molecular flexibility index (Phi) is 6.47. The number of phenols is 1. The lowest BCUT2D eigenvalue weighted by atomic mass is 10.00. The van der Waals surface area contributed by atoms with Crippen molar-refractivity contribution in [2.75, 3.05) is 31.1 Å². The van der Waals surface area contributed by atoms with Gasteiger partial charge in [-0.05, 0) is 61.9 Å². The molecule has 2 aromatic carbocycles. The quantitative estimate of drug-likeness (QED) is 0.813. The van der Waals surface area contributed by atoms with E-state index < -0.39 is 0 Å². The van der Waals surface area contributed by atoms with Crippen LogP contribution in [0, 0.1) is 0 Å². The van der Waals surface area contributed by atoms with Gasteiger partial charge in [0, 0.05) is 38.0 Å². The van der Waals surface area contributed by atoms with Gasteiger partial charge in [0.2, 0.25) is 0 Å². The first-order valence-corrected chi connectivity index (χ1v) is 10.7. The second-order valence-corrected chi connectivity index (χ2v) is 8.03. The highest BCUT2D eigenvalue weighted by atomic mass is 16.5. The van der Waals surface area contributed by atoms with Gasteiger partial charge in [-0.2, -0.15) is 0 Å². The van der Waals surface area contributed by atoms with E-state index in [4.69, 9.17) is 4.74 Å². The van der Waals surface area contributed by atoms with Crippen molar-refractivity contribution in [1.29, 1.82) is 0 Å². The van der Waals surface area contributed by atoms with E-state index in [0.29, 0.717) is 12.4 Å². The van der Waals surface area contributed by atoms with Crippen LogP contribution in [-0.4, -0.2) is 54.3 Å². The second-order valence-electron chi connectivity index (χ2n) is 8.03. The Hall–Kier alpha value is -2.37. The Bertz CT molecular complexity index is 780. The molecule has 1 amide bonds. The molecule has 2 aromatic rings. The molecule has 0 saturated carbocycles. The molecule has 0 aromatic heterocycles. The molecule has 1 N–H and O–H groups in total. The molecule has 5 nitrogen and oxygen atoms in total. The van der Waals surface area contributed by atoms with Crippen molar-refractivity contribution in [1.82, 2.24) is 4.90 Å². The number of aromatic hydroxyl groups is 1. The van der Waals surface area contributed by atoms with Crippen LogP contribution in [0.5, 0.6) is 5.75 Å². The first-order valence-electron chi connectivity index (χ1n) is 10.7. The molecular formula is C24H30N2O3. The largest absolute Gasteiger partial charge is 0.508 e. The molecule has 2 aliphatic heterocycles. The summed E-state index contributed by atoms with van der Waals surface area (Å²) in [6.07, 6.45) is 4.43. The van der Waals surface area contributed by atoms with Crippen LogP contribution in [-0.2, 0) is 16.0 Å². The zero-order chi connectivity index (χ0) is 20.1. The number of ether oxygens (including phenoxy) is 1. The summed E-state index contributed by atoms with van der Waals surface area (Å²) in [4.78, 5) is 17.7. The number of likely N-dealkylation sites (tertiary alicyclic amines) is 1. The van der Waals surface area contributed by atoms with Crippen LogP contribution >= 0.6 is 0 Å². The molecule has 0 bridgehead atoms. The van der Waals surface area contributed by atoms with E-state index >= 15 is 0 Å². The summed E-state index contributed by atoms with van der Waals surface area (Å²) in [5.74, 6) is 0.433. The summed E-state index contributed by atoms with van der Waals surface area (Å²) in [6.45, 7) is 3.67. The predicted molar refractivity (Wildman–Crippen MR) is 114 cm³/mol. The zero-order valence-electron chi connectivity index (χ0n) is 16.9. The number of carbonyl (C=O) groups excluding carboxylic acids is 1. The Morgan fingerprint density at radius 2 is 1.76 bits per heavy atom. The van der Waals surface area contributed by atoms with Gasteiger partial charge in [0.15, 0.2) is 0 Å². The molecule has 2 heterocycles. The molecule has 5 heteroatoms. The number of amides is 1. The Morgan fingerprint density at radius 1 is 1.03 bits per heavy atom. The van der Waals surface area contributed by atoms with Crippen molar-refractivity contribution in [2.24, 2.45) is 0 Å². The van der Waals surface area contributed by atoms with Gasteiger partial charge in [-0.25, -0.2) is 0 Å². The average molecular weight is 395 g/mol. The van der Waals surface area contributed by atoms with E-state index in [1.165, 1.54) is 5.56 Å². The van der Waals surface area contributed by atoms with Crippen LogP contribution in [0.1, 0.15) is 31.2 Å². The predicted octanol–water partition coefficient (Wildman–Crippen LogP) is 3.61. The number of anilines is 1. The summed E-state index contributed by atoms with van der Waals surface area (Å²) in [5, 5.41) is 9.42. The van der Waals surface area contributed by atoms with Crippen molar-refractivity contribution in [3.8, 4) is 5.75 Å². The maximum Gasteiger partial charge on any atom is 0.256 e. The number of carbonyl (C=O) groups is 1. The third-order valence-electron chi connectivity index (χ3n) is 6.05. The summed E-state index contributed by atoms with van der Waals surface area (Å²) in [5.41, 5.74) is 2.22. The second kappa shape index (κ2) is 9.42. The van der Waals surface area contributed by atoms with Crippen LogP contribution < -0.4 is 4.90 Å². The van der Waals surface area contributed by atoms with Gasteiger partial charge in [0.1, 0.15) is 11.9 Å². The number of piperidine rings is 1. The van der Waals surface area contributed by atoms with E-state index in [1.54, 1.807) is 12.1 Å². The van der Waals surface area contributed by atoms with Crippen molar-refractivity contribution < 1.29 is 14.6 Å². The third-order valence-corrected chi connectivity index (χ3v) is 6.05. The van der Waals surface area contributed by atoms with Crippen molar-refractivity contribution in [3.63, 3.8) is 0 Å². The lowest BCUT2D eigenvalue weighted by Crippen LogP contribution is -2.50. The first kappa shape index (κ1) is 19.9. The normalized spacial score (nSPS) is 20.6. The average Bonchev–Trinajstić information content (AvgIpc) is 3.30. The Labute approximate surface area is 172 Å². The lowest BCUT2D eigenvalue weighted by Gasteiger charge is -2.39. The molecule has 0 radical (unpaired) electrons. The fraction of sp³-hybridized carbons (Fsp3) is 0.458. The number of rotatable bonds is 6. The highest BCUT2D eigenvalue weighted by Crippen LogP contribution is 2.27. The summed E-state index contributed by atoms with van der Waals surface area (Å²) < 4.78 is 5.71. The SMILES string of the molecule is O=C(C1CCCO1)N(c1ccccc1)C1CCN(CCc2ccc(O)cc2)CC1. The zero-order valence-corrected chi connectivity index (χ0v) is 16.9. The third kappa shape index (κ3) is 4.98. The highest BCUT2D eigenvalue weighted by Gasteiger charge is 2.34. The number of para-hydroxylation sites is 1. The first-order chi connectivity index (χ1) is 14.2. The fourth-order valence-corrected chi connectivity index (χ4v) is 4.39. The van der Waals surface area contributed by atoms with Crippen LogP contribution in [0.3, 0.4) is 0 Å². The minimum Gasteiger partial charge on any atom is -0.508 e. The Balaban J connectivity index is 1.37. The molecule has 2 fully saturated rings. The molecule has 1 unspecified atom stereocenters. The van der Waals surface area contributed by atoms with E-state index in [-0.39, 0.29) is 18.1 Å². The highest BCUT2D eigenvalue weighted by molar-refractivity contribution is 5.97. The number of nitrogens with zero attached hydrogens (tertiary/aromatic N) is 2. The van der Waals surface area contributed by atoms with Gasteiger partial charge in [-0.15, -0.1) is 0 Å². The van der Waals surface area contributed by atoms with Gasteiger partial charge in [-0.1, -0.05) is 30.3 Å². The standard InChI is InChI=1S/C24H30N2O3/c27-22-10-8-19(9-11-22)12-15-25-16-13-21(14-17-25)26(20-5-2-1-3-6-20)24(28)23-7-4-18-29-23/h1-3,5-6,8-11,21,23,27H,4,7,12-18H2. The topological polar surface area (TPSA) is 53.0 Å². The maximum atomic E-state index is 13.2. The number of phenolic OH excluding ortho intramolecular Hbond substituents is 1. The van der Waals surface area contributed by atoms with Crippen molar-refractivity contribution >= 4 is 11.6 Å². The van der Waals surface area contributed by atoms with Gasteiger partial charge in [-0.3, -0.25) is 4.79 Å². The summed E-state index contributed by atoms with van der Waals surface area (Å²) in [7, 11) is 0. The van der Waals surface area contributed by atoms with E-state index in [2.05, 4.69) is 4.90 Å². The van der Waals surface area contributed by atoms with Crippen molar-refractivity contribution in [2.45, 2.75) is 44.2 Å². The van der Waals surface area contributed by atoms with Gasteiger partial charge < -0.3 is 19.6 Å². The number of benzene rings is 2. The molecule has 4 rings (SSSR count). The number of hydrogen-bond donors (Lipinski definition) is 1. The summed E-state index contributed by atoms with van der Waals surface area (Å²) >= 11 is 0. The minimum atomic E-state index is -0.289. The molecule has 2 saturated heterocycles. The minimum absolute atomic E-state index is 0.122. The van der Waals surface area contributed by atoms with Gasteiger partial charge >= 0.3 is 0 Å². The van der Waals surface area contributed by atoms with Gasteiger partial charge in [0.25, 0.3) is 5.91 Å². The molecule has 0 spiro atoms. The molecule has 2 aliphatic rings. The Morgan fingerprint density at radius 3 is 2.41 bits per heavy atom. The van der Waals surface area contributed by atoms with E-state index in [1.807, 2.05) is 47.4 Å². The molecular weight excluding hydrogens is 364 g/mol. The van der Waals surface area contributed by atoms with E-state index in [0.717, 1.165) is 57.4 Å². The molecule has 1 atom stereocenters. The van der Waals surface area contributed by atoms with Crippen LogP contribution in [0.2, 0.25) is 0 Å². The fourth-order valence-electron chi connectivity index (χ4n) is 4.39. The number of hydrogen-bond acceptors (Lipinski definition) is 4. The summed E-state index contributed by atoms with van der Waals surface area (Å²) in [6, 6.07) is 17.7. The maximum absolute atomic E-state index is 13.2. The van der Waals surface area contributed by atoms with Crippen LogP contribution in [0.15, 0.2) is 54.6 Å². The smallest absolute Gasteiger partial charge is 0.256 e. The molecule has 154 valence electrons. The van der Waals surface area contributed by atoms with Crippen molar-refractivity contribution in [3.05, 3.63) is 60.2 Å². The lowest BCUT2D eigenvalue weighted by molar-refractivity contribution is -0.128. The van der Waals surface area contributed by atoms with E-state index in [9.17, 15) is 9.90 Å². The molecule has 29 heavy (non-hydrogen) atoms. The van der Waals surface area contributed by atoms with Crippen LogP contribution in [0.4, 0.5) is 5.69 Å². The van der Waals surface area contributed by atoms with Gasteiger partial charge in [0.05, 0.1) is 0 Å².